The summed E-state index contributed by atoms with van der Waals surface area (Å²) < 4.78 is 13.6. The summed E-state index contributed by atoms with van der Waals surface area (Å²) in [6, 6.07) is 3.35. The number of aromatic amines is 1. The Bertz CT molecular complexity index is 516. The van der Waals surface area contributed by atoms with Gasteiger partial charge in [-0.2, -0.15) is 0 Å². The molecule has 17 heavy (non-hydrogen) atoms. The third-order valence-corrected chi connectivity index (χ3v) is 3.26. The molecule has 1 heterocycles. The fourth-order valence-electron chi connectivity index (χ4n) is 2.12. The fraction of sp³-hybridized carbons (Fsp3) is 0.462. The molecule has 0 saturated carbocycles. The van der Waals surface area contributed by atoms with E-state index in [-0.39, 0.29) is 11.2 Å². The second kappa shape index (κ2) is 4.45. The lowest BCUT2D eigenvalue weighted by Crippen LogP contribution is -2.23. The number of hydrogen-bond donors (Lipinski definition) is 2. The number of imidazole rings is 1. The van der Waals surface area contributed by atoms with Crippen LogP contribution in [0.1, 0.15) is 25.8 Å². The maximum Gasteiger partial charge on any atom is 0.148 e. The van der Waals surface area contributed by atoms with Crippen LogP contribution in [0.15, 0.2) is 18.5 Å². The van der Waals surface area contributed by atoms with E-state index in [4.69, 9.17) is 0 Å². The predicted octanol–water partition coefficient (Wildman–Crippen LogP) is 2.59. The molecule has 0 aliphatic carbocycles. The summed E-state index contributed by atoms with van der Waals surface area (Å²) in [6.07, 6.45) is 2.53. The molecule has 2 aromatic rings. The zero-order valence-electron chi connectivity index (χ0n) is 10.5. The van der Waals surface area contributed by atoms with Gasteiger partial charge in [0.2, 0.25) is 0 Å². The topological polar surface area (TPSA) is 40.7 Å². The molecule has 2 N–H and O–H groups in total. The van der Waals surface area contributed by atoms with Crippen LogP contribution in [0.3, 0.4) is 0 Å². The average Bonchev–Trinajstić information content (AvgIpc) is 2.76. The fourth-order valence-corrected chi connectivity index (χ4v) is 2.12. The van der Waals surface area contributed by atoms with Crippen LogP contribution in [0, 0.1) is 5.82 Å². The third kappa shape index (κ3) is 2.17. The quantitative estimate of drug-likeness (QED) is 0.855. The predicted molar refractivity (Wildman–Crippen MR) is 67.6 cm³/mol. The number of hydrogen-bond acceptors (Lipinski definition) is 2. The van der Waals surface area contributed by atoms with Crippen LogP contribution in [0.4, 0.5) is 4.39 Å². The van der Waals surface area contributed by atoms with Gasteiger partial charge in [0, 0.05) is 0 Å². The first-order valence-electron chi connectivity index (χ1n) is 5.83. The van der Waals surface area contributed by atoms with E-state index in [1.807, 2.05) is 13.1 Å². The smallest absolute Gasteiger partial charge is 0.148 e. The molecule has 0 amide bonds. The van der Waals surface area contributed by atoms with Gasteiger partial charge in [-0.25, -0.2) is 9.37 Å². The number of nitrogens with zero attached hydrogens (tertiary/aromatic N) is 1. The van der Waals surface area contributed by atoms with Crippen LogP contribution in [0.2, 0.25) is 0 Å². The minimum absolute atomic E-state index is 0.0237. The molecule has 0 bridgehead atoms. The molecule has 0 aliphatic heterocycles. The van der Waals surface area contributed by atoms with Crippen LogP contribution in [0.5, 0.6) is 0 Å². The SMILES string of the molecule is CNCCC(C)(C)c1ccc(F)c2[nH]cnc12. The van der Waals surface area contributed by atoms with E-state index in [0.717, 1.165) is 24.0 Å². The Kier molecular flexibility index (Phi) is 3.15. The Balaban J connectivity index is 2.48. The van der Waals surface area contributed by atoms with E-state index in [1.165, 1.54) is 6.07 Å². The van der Waals surface area contributed by atoms with Crippen molar-refractivity contribution in [1.29, 1.82) is 0 Å². The van der Waals surface area contributed by atoms with Crippen molar-refractivity contribution in [3.05, 3.63) is 29.8 Å². The Hall–Kier alpha value is -1.42. The van der Waals surface area contributed by atoms with Crippen LogP contribution < -0.4 is 5.32 Å². The maximum atomic E-state index is 13.6. The first-order chi connectivity index (χ1) is 8.06. The van der Waals surface area contributed by atoms with Crippen molar-refractivity contribution < 1.29 is 4.39 Å². The molecule has 2 rings (SSSR count). The molecule has 0 radical (unpaired) electrons. The number of benzene rings is 1. The molecule has 0 spiro atoms. The van der Waals surface area contributed by atoms with E-state index < -0.39 is 0 Å². The van der Waals surface area contributed by atoms with Crippen molar-refractivity contribution in [3.63, 3.8) is 0 Å². The molecule has 1 aromatic carbocycles. The number of aromatic nitrogens is 2. The van der Waals surface area contributed by atoms with Gasteiger partial charge >= 0.3 is 0 Å². The van der Waals surface area contributed by atoms with Gasteiger partial charge < -0.3 is 10.3 Å². The summed E-state index contributed by atoms with van der Waals surface area (Å²) in [5, 5.41) is 3.14. The summed E-state index contributed by atoms with van der Waals surface area (Å²) in [5.74, 6) is -0.245. The van der Waals surface area contributed by atoms with E-state index >= 15 is 0 Å². The average molecular weight is 235 g/mol. The molecule has 0 aliphatic rings. The van der Waals surface area contributed by atoms with Crippen molar-refractivity contribution >= 4 is 11.0 Å². The van der Waals surface area contributed by atoms with Crippen molar-refractivity contribution in [2.24, 2.45) is 0 Å². The molecule has 0 unspecified atom stereocenters. The lowest BCUT2D eigenvalue weighted by molar-refractivity contribution is 0.471. The largest absolute Gasteiger partial charge is 0.342 e. The van der Waals surface area contributed by atoms with E-state index in [0.29, 0.717) is 5.52 Å². The van der Waals surface area contributed by atoms with Gasteiger partial charge in [-0.05, 0) is 37.1 Å². The Morgan fingerprint density at radius 3 is 2.88 bits per heavy atom. The second-order valence-corrected chi connectivity index (χ2v) is 4.96. The molecule has 0 saturated heterocycles. The molecular weight excluding hydrogens is 217 g/mol. The second-order valence-electron chi connectivity index (χ2n) is 4.96. The zero-order valence-corrected chi connectivity index (χ0v) is 10.5. The Labute approximate surface area is 100 Å². The highest BCUT2D eigenvalue weighted by atomic mass is 19.1. The number of halogens is 1. The van der Waals surface area contributed by atoms with E-state index in [9.17, 15) is 4.39 Å². The molecule has 92 valence electrons. The summed E-state index contributed by atoms with van der Waals surface area (Å²) in [6.45, 7) is 5.24. The molecule has 0 atom stereocenters. The van der Waals surface area contributed by atoms with Gasteiger partial charge in [-0.15, -0.1) is 0 Å². The monoisotopic (exact) mass is 235 g/mol. The molecule has 3 nitrogen and oxygen atoms in total. The number of fused-ring (bicyclic) bond motifs is 1. The minimum Gasteiger partial charge on any atom is -0.342 e. The number of nitrogens with one attached hydrogen (secondary N) is 2. The summed E-state index contributed by atoms with van der Waals surface area (Å²) >= 11 is 0. The highest BCUT2D eigenvalue weighted by Crippen LogP contribution is 2.32. The van der Waals surface area contributed by atoms with E-state index in [2.05, 4.69) is 29.1 Å². The molecular formula is C13H18FN3. The first kappa shape index (κ1) is 12.0. The van der Waals surface area contributed by atoms with Crippen molar-refractivity contribution in [1.82, 2.24) is 15.3 Å². The van der Waals surface area contributed by atoms with Crippen LogP contribution in [-0.4, -0.2) is 23.6 Å². The van der Waals surface area contributed by atoms with Gasteiger partial charge in [0.05, 0.1) is 11.8 Å². The normalized spacial score (nSPS) is 12.2. The Morgan fingerprint density at radius 2 is 2.18 bits per heavy atom. The Morgan fingerprint density at radius 1 is 1.41 bits per heavy atom. The van der Waals surface area contributed by atoms with Crippen LogP contribution in [-0.2, 0) is 5.41 Å². The van der Waals surface area contributed by atoms with Crippen molar-refractivity contribution in [2.75, 3.05) is 13.6 Å². The van der Waals surface area contributed by atoms with Gasteiger partial charge in [0.15, 0.2) is 0 Å². The maximum absolute atomic E-state index is 13.6. The molecule has 4 heteroatoms. The van der Waals surface area contributed by atoms with Gasteiger partial charge in [-0.3, -0.25) is 0 Å². The lowest BCUT2D eigenvalue weighted by Gasteiger charge is -2.25. The van der Waals surface area contributed by atoms with Crippen molar-refractivity contribution in [2.45, 2.75) is 25.7 Å². The first-order valence-corrected chi connectivity index (χ1v) is 5.83. The molecule has 1 aromatic heterocycles. The summed E-state index contributed by atoms with van der Waals surface area (Å²) in [5.41, 5.74) is 2.31. The summed E-state index contributed by atoms with van der Waals surface area (Å²) in [4.78, 5) is 7.09. The van der Waals surface area contributed by atoms with Gasteiger partial charge in [0.1, 0.15) is 11.3 Å². The van der Waals surface area contributed by atoms with Crippen LogP contribution >= 0.6 is 0 Å². The standard InChI is InChI=1S/C13H18FN3/c1-13(2,6-7-15-3)9-4-5-10(14)12-11(9)16-8-17-12/h4-5,8,15H,6-7H2,1-3H3,(H,16,17). The summed E-state index contributed by atoms with van der Waals surface area (Å²) in [7, 11) is 1.94. The third-order valence-electron chi connectivity index (χ3n) is 3.26. The zero-order chi connectivity index (χ0) is 12.5. The van der Waals surface area contributed by atoms with Crippen molar-refractivity contribution in [3.8, 4) is 0 Å². The lowest BCUT2D eigenvalue weighted by atomic mass is 9.81. The highest BCUT2D eigenvalue weighted by molar-refractivity contribution is 5.80. The number of H-pyrrole nitrogens is 1. The van der Waals surface area contributed by atoms with Gasteiger partial charge in [-0.1, -0.05) is 19.9 Å². The number of rotatable bonds is 4. The van der Waals surface area contributed by atoms with Crippen LogP contribution in [0.25, 0.3) is 11.0 Å². The minimum atomic E-state index is -0.245. The van der Waals surface area contributed by atoms with Gasteiger partial charge in [0.25, 0.3) is 0 Å². The highest BCUT2D eigenvalue weighted by Gasteiger charge is 2.24. The molecule has 0 fully saturated rings. The van der Waals surface area contributed by atoms with E-state index in [1.54, 1.807) is 6.33 Å².